The molecule has 0 aromatic rings. The van der Waals surface area contributed by atoms with Gasteiger partial charge in [-0.15, -0.1) is 0 Å². The van der Waals surface area contributed by atoms with Gasteiger partial charge in [-0.1, -0.05) is 0 Å². The zero-order valence-electron chi connectivity index (χ0n) is 5.62. The van der Waals surface area contributed by atoms with Crippen LogP contribution < -0.4 is 0 Å². The smallest absolute Gasteiger partial charge is 0.155 e. The van der Waals surface area contributed by atoms with Gasteiger partial charge in [-0.3, -0.25) is 0 Å². The third kappa shape index (κ3) is 1.32. The van der Waals surface area contributed by atoms with Crippen LogP contribution in [-0.4, -0.2) is 23.4 Å². The van der Waals surface area contributed by atoms with E-state index in [0.717, 1.165) is 19.3 Å². The number of aliphatic hydroxyl groups is 1. The highest BCUT2D eigenvalue weighted by atomic mass is 31.1. The SMILES string of the molecule is OC1CC2CC(C1)OPO2. The van der Waals surface area contributed by atoms with Gasteiger partial charge in [0.15, 0.2) is 9.03 Å². The van der Waals surface area contributed by atoms with Gasteiger partial charge in [0.2, 0.25) is 0 Å². The molecule has 1 saturated heterocycles. The first-order valence-corrected chi connectivity index (χ1v) is 4.40. The average molecular weight is 162 g/mol. The highest BCUT2D eigenvalue weighted by Crippen LogP contribution is 2.37. The van der Waals surface area contributed by atoms with Crippen molar-refractivity contribution in [3.63, 3.8) is 0 Å². The molecule has 1 N–H and O–H groups in total. The molecule has 58 valence electrons. The zero-order valence-corrected chi connectivity index (χ0v) is 6.62. The Morgan fingerprint density at radius 1 is 1.10 bits per heavy atom. The first-order valence-electron chi connectivity index (χ1n) is 3.59. The highest BCUT2D eigenvalue weighted by Gasteiger charge is 2.32. The highest BCUT2D eigenvalue weighted by molar-refractivity contribution is 7.26. The summed E-state index contributed by atoms with van der Waals surface area (Å²) in [6, 6.07) is 0. The molecular weight excluding hydrogens is 151 g/mol. The summed E-state index contributed by atoms with van der Waals surface area (Å²) in [7, 11) is 0.199. The van der Waals surface area contributed by atoms with Crippen molar-refractivity contribution in [1.29, 1.82) is 0 Å². The maximum Gasteiger partial charge on any atom is 0.155 e. The molecule has 2 fully saturated rings. The van der Waals surface area contributed by atoms with E-state index in [9.17, 15) is 5.11 Å². The van der Waals surface area contributed by atoms with Gasteiger partial charge >= 0.3 is 0 Å². The zero-order chi connectivity index (χ0) is 6.97. The Labute approximate surface area is 61.7 Å². The second-order valence-electron chi connectivity index (χ2n) is 2.92. The summed E-state index contributed by atoms with van der Waals surface area (Å²) in [6.45, 7) is 0. The molecule has 10 heavy (non-hydrogen) atoms. The van der Waals surface area contributed by atoms with E-state index in [1.54, 1.807) is 0 Å². The molecule has 2 aliphatic rings. The minimum atomic E-state index is -0.200. The minimum absolute atomic E-state index is 0.199. The van der Waals surface area contributed by atoms with E-state index < -0.39 is 0 Å². The predicted molar refractivity (Wildman–Crippen MR) is 37.9 cm³/mol. The molecule has 4 heteroatoms. The van der Waals surface area contributed by atoms with Crippen LogP contribution in [0.3, 0.4) is 0 Å². The van der Waals surface area contributed by atoms with E-state index >= 15 is 0 Å². The Morgan fingerprint density at radius 3 is 2.30 bits per heavy atom. The lowest BCUT2D eigenvalue weighted by atomic mass is 9.93. The van der Waals surface area contributed by atoms with Crippen LogP contribution in [0, 0.1) is 0 Å². The standard InChI is InChI=1S/C6H11O3P/c7-4-1-5-3-6(2-4)9-10-8-5/h4-7,10H,1-3H2. The molecule has 2 unspecified atom stereocenters. The van der Waals surface area contributed by atoms with Crippen LogP contribution in [0.15, 0.2) is 0 Å². The Bertz CT molecular complexity index is 114. The van der Waals surface area contributed by atoms with Crippen molar-refractivity contribution in [2.24, 2.45) is 0 Å². The summed E-state index contributed by atoms with van der Waals surface area (Å²) in [4.78, 5) is 0. The largest absolute Gasteiger partial charge is 0.393 e. The van der Waals surface area contributed by atoms with Gasteiger partial charge in [0.25, 0.3) is 0 Å². The first-order chi connectivity index (χ1) is 4.84. The molecule has 0 aromatic heterocycles. The van der Waals surface area contributed by atoms with E-state index in [0.29, 0.717) is 0 Å². The fraction of sp³-hybridized carbons (Fsp3) is 1.00. The molecule has 1 aliphatic heterocycles. The van der Waals surface area contributed by atoms with Crippen LogP contribution in [0.1, 0.15) is 19.3 Å². The quantitative estimate of drug-likeness (QED) is 0.536. The van der Waals surface area contributed by atoms with Crippen molar-refractivity contribution < 1.29 is 14.2 Å². The topological polar surface area (TPSA) is 38.7 Å². The van der Waals surface area contributed by atoms with Crippen LogP contribution in [0.25, 0.3) is 0 Å². The molecule has 0 spiro atoms. The van der Waals surface area contributed by atoms with Crippen LogP contribution >= 0.6 is 9.03 Å². The molecule has 2 rings (SSSR count). The predicted octanol–water partition coefficient (Wildman–Crippen LogP) is 0.824. The van der Waals surface area contributed by atoms with Crippen LogP contribution in [0.5, 0.6) is 0 Å². The van der Waals surface area contributed by atoms with Gasteiger partial charge < -0.3 is 14.2 Å². The van der Waals surface area contributed by atoms with Crippen LogP contribution in [0.2, 0.25) is 0 Å². The van der Waals surface area contributed by atoms with Gasteiger partial charge in [0, 0.05) is 19.3 Å². The lowest BCUT2D eigenvalue weighted by Crippen LogP contribution is -2.36. The summed E-state index contributed by atoms with van der Waals surface area (Å²) in [6.07, 6.45) is 2.90. The summed E-state index contributed by atoms with van der Waals surface area (Å²) < 4.78 is 10.5. The minimum Gasteiger partial charge on any atom is -0.393 e. The van der Waals surface area contributed by atoms with E-state index in [4.69, 9.17) is 9.05 Å². The van der Waals surface area contributed by atoms with Gasteiger partial charge in [-0.05, 0) is 0 Å². The number of hydrogen-bond donors (Lipinski definition) is 1. The molecule has 0 amide bonds. The monoisotopic (exact) mass is 162 g/mol. The van der Waals surface area contributed by atoms with Crippen molar-refractivity contribution >= 4 is 9.03 Å². The van der Waals surface area contributed by atoms with Gasteiger partial charge in [-0.25, -0.2) is 0 Å². The van der Waals surface area contributed by atoms with E-state index in [2.05, 4.69) is 0 Å². The average Bonchev–Trinajstić information content (AvgIpc) is 1.85. The summed E-state index contributed by atoms with van der Waals surface area (Å²) in [5, 5.41) is 9.26. The number of fused-ring (bicyclic) bond motifs is 2. The van der Waals surface area contributed by atoms with Crippen molar-refractivity contribution in [3.05, 3.63) is 0 Å². The van der Waals surface area contributed by atoms with E-state index in [-0.39, 0.29) is 27.3 Å². The van der Waals surface area contributed by atoms with Crippen LogP contribution in [0.4, 0.5) is 0 Å². The molecule has 1 heterocycles. The van der Waals surface area contributed by atoms with E-state index in [1.165, 1.54) is 0 Å². The number of aliphatic hydroxyl groups excluding tert-OH is 1. The number of hydrogen-bond acceptors (Lipinski definition) is 3. The van der Waals surface area contributed by atoms with Crippen molar-refractivity contribution in [3.8, 4) is 0 Å². The van der Waals surface area contributed by atoms with Gasteiger partial charge in [-0.2, -0.15) is 0 Å². The maximum atomic E-state index is 9.26. The van der Waals surface area contributed by atoms with Crippen molar-refractivity contribution in [1.82, 2.24) is 0 Å². The van der Waals surface area contributed by atoms with Crippen molar-refractivity contribution in [2.45, 2.75) is 37.6 Å². The lowest BCUT2D eigenvalue weighted by Gasteiger charge is -2.36. The fourth-order valence-corrected chi connectivity index (χ4v) is 2.26. The summed E-state index contributed by atoms with van der Waals surface area (Å²) in [5.41, 5.74) is 0. The molecule has 1 aliphatic carbocycles. The Hall–Kier alpha value is 0.310. The normalized spacial score (nSPS) is 49.5. The summed E-state index contributed by atoms with van der Waals surface area (Å²) >= 11 is 0. The molecule has 2 atom stereocenters. The third-order valence-electron chi connectivity index (χ3n) is 2.03. The summed E-state index contributed by atoms with van der Waals surface area (Å²) in [5.74, 6) is 0. The lowest BCUT2D eigenvalue weighted by molar-refractivity contribution is -0.0331. The second-order valence-corrected chi connectivity index (χ2v) is 3.56. The molecular formula is C6H11O3P. The Kier molecular flexibility index (Phi) is 1.92. The maximum absolute atomic E-state index is 9.26. The van der Waals surface area contributed by atoms with Crippen LogP contribution in [-0.2, 0) is 9.05 Å². The van der Waals surface area contributed by atoms with Gasteiger partial charge in [0.1, 0.15) is 0 Å². The van der Waals surface area contributed by atoms with Gasteiger partial charge in [0.05, 0.1) is 18.3 Å². The molecule has 0 radical (unpaired) electrons. The Morgan fingerprint density at radius 2 is 1.70 bits per heavy atom. The molecule has 0 aromatic carbocycles. The van der Waals surface area contributed by atoms with E-state index in [1.807, 2.05) is 0 Å². The first kappa shape index (κ1) is 6.99. The fourth-order valence-electron chi connectivity index (χ4n) is 1.55. The molecule has 1 saturated carbocycles. The Balaban J connectivity index is 1.98. The number of rotatable bonds is 0. The molecule has 3 nitrogen and oxygen atoms in total. The second kappa shape index (κ2) is 2.74. The molecule has 2 bridgehead atoms. The van der Waals surface area contributed by atoms with Crippen molar-refractivity contribution in [2.75, 3.05) is 0 Å². The third-order valence-corrected chi connectivity index (χ3v) is 2.88.